The van der Waals surface area contributed by atoms with E-state index in [1.807, 2.05) is 0 Å². The molecule has 0 saturated carbocycles. The van der Waals surface area contributed by atoms with E-state index in [2.05, 4.69) is 5.32 Å². The SMILES string of the molecule is COc1ccc(N(CCNC(=O)c2ccco2)S(C)(=O)=O)c(OC)c1. The lowest BCUT2D eigenvalue weighted by atomic mass is 10.2. The van der Waals surface area contributed by atoms with Gasteiger partial charge in [0, 0.05) is 12.6 Å². The first-order valence-electron chi connectivity index (χ1n) is 7.38. The Morgan fingerprint density at radius 3 is 2.56 bits per heavy atom. The van der Waals surface area contributed by atoms with Crippen molar-refractivity contribution in [3.63, 3.8) is 0 Å². The molecule has 0 fully saturated rings. The highest BCUT2D eigenvalue weighted by Gasteiger charge is 2.22. The third-order valence-corrected chi connectivity index (χ3v) is 4.58. The molecule has 0 bridgehead atoms. The number of carbonyl (C=O) groups excluding carboxylic acids is 1. The fourth-order valence-electron chi connectivity index (χ4n) is 2.22. The number of sulfonamides is 1. The summed E-state index contributed by atoms with van der Waals surface area (Å²) in [6, 6.07) is 7.94. The van der Waals surface area contributed by atoms with Crippen LogP contribution in [0.25, 0.3) is 0 Å². The lowest BCUT2D eigenvalue weighted by Gasteiger charge is -2.24. The number of rotatable bonds is 8. The Balaban J connectivity index is 2.16. The number of ether oxygens (including phenoxy) is 2. The lowest BCUT2D eigenvalue weighted by molar-refractivity contribution is 0.0927. The van der Waals surface area contributed by atoms with Crippen LogP contribution < -0.4 is 19.1 Å². The maximum atomic E-state index is 12.2. The van der Waals surface area contributed by atoms with Gasteiger partial charge < -0.3 is 19.2 Å². The van der Waals surface area contributed by atoms with Gasteiger partial charge in [-0.05, 0) is 24.3 Å². The maximum absolute atomic E-state index is 12.2. The van der Waals surface area contributed by atoms with Gasteiger partial charge in [-0.3, -0.25) is 9.10 Å². The predicted octanol–water partition coefficient (Wildman–Crippen LogP) is 1.49. The average molecular weight is 368 g/mol. The van der Waals surface area contributed by atoms with E-state index in [9.17, 15) is 13.2 Å². The van der Waals surface area contributed by atoms with E-state index in [0.717, 1.165) is 10.6 Å². The zero-order valence-electron chi connectivity index (χ0n) is 14.2. The minimum Gasteiger partial charge on any atom is -0.497 e. The van der Waals surface area contributed by atoms with E-state index >= 15 is 0 Å². The van der Waals surface area contributed by atoms with Gasteiger partial charge in [0.2, 0.25) is 10.0 Å². The molecule has 0 atom stereocenters. The van der Waals surface area contributed by atoms with Gasteiger partial charge in [-0.2, -0.15) is 0 Å². The average Bonchev–Trinajstić information content (AvgIpc) is 3.11. The molecule has 1 amide bonds. The third kappa shape index (κ3) is 4.66. The second-order valence-electron chi connectivity index (χ2n) is 5.11. The van der Waals surface area contributed by atoms with Crippen LogP contribution in [0.4, 0.5) is 5.69 Å². The minimum atomic E-state index is -3.58. The predicted molar refractivity (Wildman–Crippen MR) is 92.8 cm³/mol. The van der Waals surface area contributed by atoms with Crippen molar-refractivity contribution in [1.82, 2.24) is 5.32 Å². The number of methoxy groups -OCH3 is 2. The molecule has 8 nitrogen and oxygen atoms in total. The smallest absolute Gasteiger partial charge is 0.287 e. The number of anilines is 1. The number of benzene rings is 1. The molecule has 1 heterocycles. The molecule has 1 aromatic heterocycles. The van der Waals surface area contributed by atoms with Crippen LogP contribution in [0.2, 0.25) is 0 Å². The summed E-state index contributed by atoms with van der Waals surface area (Å²) in [5.41, 5.74) is 0.359. The first kappa shape index (κ1) is 18.7. The van der Waals surface area contributed by atoms with Crippen molar-refractivity contribution < 1.29 is 27.1 Å². The van der Waals surface area contributed by atoms with Crippen molar-refractivity contribution >= 4 is 21.6 Å². The van der Waals surface area contributed by atoms with E-state index in [1.54, 1.807) is 24.3 Å². The fraction of sp³-hybridized carbons (Fsp3) is 0.312. The number of carbonyl (C=O) groups is 1. The molecule has 2 rings (SSSR count). The molecule has 2 aromatic rings. The summed E-state index contributed by atoms with van der Waals surface area (Å²) >= 11 is 0. The first-order valence-corrected chi connectivity index (χ1v) is 9.23. The molecule has 0 spiro atoms. The van der Waals surface area contributed by atoms with Crippen LogP contribution in [-0.4, -0.2) is 47.9 Å². The number of hydrogen-bond donors (Lipinski definition) is 1. The summed E-state index contributed by atoms with van der Waals surface area (Å²) < 4.78 is 40.9. The van der Waals surface area contributed by atoms with E-state index < -0.39 is 15.9 Å². The number of furan rings is 1. The molecule has 136 valence electrons. The molecule has 25 heavy (non-hydrogen) atoms. The minimum absolute atomic E-state index is 0.0357. The Labute approximate surface area is 146 Å². The highest BCUT2D eigenvalue weighted by molar-refractivity contribution is 7.92. The Bertz CT molecular complexity index is 817. The topological polar surface area (TPSA) is 98.1 Å². The van der Waals surface area contributed by atoms with Crippen LogP contribution in [0.1, 0.15) is 10.6 Å². The number of amides is 1. The van der Waals surface area contributed by atoms with E-state index in [0.29, 0.717) is 17.2 Å². The largest absolute Gasteiger partial charge is 0.497 e. The molecule has 0 aliphatic rings. The zero-order valence-corrected chi connectivity index (χ0v) is 15.0. The van der Waals surface area contributed by atoms with Gasteiger partial charge in [-0.25, -0.2) is 8.42 Å². The maximum Gasteiger partial charge on any atom is 0.287 e. The molecular formula is C16H20N2O6S. The first-order chi connectivity index (χ1) is 11.9. The second-order valence-corrected chi connectivity index (χ2v) is 7.01. The normalized spacial score (nSPS) is 11.0. The number of nitrogens with one attached hydrogen (secondary N) is 1. The molecule has 0 unspecified atom stereocenters. The fourth-order valence-corrected chi connectivity index (χ4v) is 3.15. The Morgan fingerprint density at radius 2 is 2.00 bits per heavy atom. The summed E-state index contributed by atoms with van der Waals surface area (Å²) in [7, 11) is -0.635. The van der Waals surface area contributed by atoms with Crippen molar-refractivity contribution in [3.05, 3.63) is 42.4 Å². The Hall–Kier alpha value is -2.68. The molecular weight excluding hydrogens is 348 g/mol. The van der Waals surface area contributed by atoms with Gasteiger partial charge in [0.25, 0.3) is 5.91 Å². The van der Waals surface area contributed by atoms with E-state index in [1.165, 1.54) is 26.5 Å². The molecule has 1 aromatic carbocycles. The molecule has 1 N–H and O–H groups in total. The van der Waals surface area contributed by atoms with Gasteiger partial charge in [-0.15, -0.1) is 0 Å². The summed E-state index contributed by atoms with van der Waals surface area (Å²) in [6.45, 7) is 0.135. The van der Waals surface area contributed by atoms with Gasteiger partial charge in [0.05, 0.1) is 39.0 Å². The van der Waals surface area contributed by atoms with Gasteiger partial charge in [0.15, 0.2) is 5.76 Å². The van der Waals surface area contributed by atoms with Crippen molar-refractivity contribution in [2.75, 3.05) is 37.9 Å². The summed E-state index contributed by atoms with van der Waals surface area (Å²) in [6.07, 6.45) is 2.48. The molecule has 0 aliphatic heterocycles. The highest BCUT2D eigenvalue weighted by Crippen LogP contribution is 2.33. The van der Waals surface area contributed by atoms with Crippen molar-refractivity contribution in [3.8, 4) is 11.5 Å². The van der Waals surface area contributed by atoms with Gasteiger partial charge >= 0.3 is 0 Å². The zero-order chi connectivity index (χ0) is 18.4. The van der Waals surface area contributed by atoms with E-state index in [-0.39, 0.29) is 18.8 Å². The van der Waals surface area contributed by atoms with Gasteiger partial charge in [-0.1, -0.05) is 0 Å². The van der Waals surface area contributed by atoms with E-state index in [4.69, 9.17) is 13.9 Å². The summed E-state index contributed by atoms with van der Waals surface area (Å²) in [5, 5.41) is 2.61. The summed E-state index contributed by atoms with van der Waals surface area (Å²) in [4.78, 5) is 11.9. The molecule has 0 saturated heterocycles. The summed E-state index contributed by atoms with van der Waals surface area (Å²) in [5.74, 6) is 0.635. The Morgan fingerprint density at radius 1 is 1.24 bits per heavy atom. The van der Waals surface area contributed by atoms with Crippen LogP contribution >= 0.6 is 0 Å². The van der Waals surface area contributed by atoms with Crippen molar-refractivity contribution in [2.45, 2.75) is 0 Å². The van der Waals surface area contributed by atoms with Crippen LogP contribution in [0.5, 0.6) is 11.5 Å². The number of nitrogens with zero attached hydrogens (tertiary/aromatic N) is 1. The second kappa shape index (κ2) is 7.93. The van der Waals surface area contributed by atoms with Crippen molar-refractivity contribution in [1.29, 1.82) is 0 Å². The quantitative estimate of drug-likeness (QED) is 0.758. The molecule has 0 aliphatic carbocycles. The van der Waals surface area contributed by atoms with Crippen LogP contribution in [0, 0.1) is 0 Å². The monoisotopic (exact) mass is 368 g/mol. The Kier molecular flexibility index (Phi) is 5.92. The third-order valence-electron chi connectivity index (χ3n) is 3.40. The van der Waals surface area contributed by atoms with Gasteiger partial charge in [0.1, 0.15) is 11.5 Å². The van der Waals surface area contributed by atoms with Crippen LogP contribution in [0.15, 0.2) is 41.0 Å². The molecule has 9 heteroatoms. The van der Waals surface area contributed by atoms with Crippen LogP contribution in [0.3, 0.4) is 0 Å². The highest BCUT2D eigenvalue weighted by atomic mass is 32.2. The lowest BCUT2D eigenvalue weighted by Crippen LogP contribution is -2.38. The standard InChI is InChI=1S/C16H20N2O6S/c1-22-12-6-7-13(15(11-12)23-2)18(25(3,20)21)9-8-17-16(19)14-5-4-10-24-14/h4-7,10-11H,8-9H2,1-3H3,(H,17,19). The number of hydrogen-bond acceptors (Lipinski definition) is 6. The molecule has 0 radical (unpaired) electrons. The van der Waals surface area contributed by atoms with Crippen molar-refractivity contribution in [2.24, 2.45) is 0 Å². The van der Waals surface area contributed by atoms with Crippen LogP contribution in [-0.2, 0) is 10.0 Å².